The summed E-state index contributed by atoms with van der Waals surface area (Å²) >= 11 is 4.39. The number of hydrogen-bond acceptors (Lipinski definition) is 2. The van der Waals surface area contributed by atoms with Crippen molar-refractivity contribution in [1.29, 1.82) is 0 Å². The van der Waals surface area contributed by atoms with Crippen LogP contribution in [0.15, 0.2) is 23.1 Å². The summed E-state index contributed by atoms with van der Waals surface area (Å²) in [5, 5.41) is 3.40. The minimum Gasteiger partial charge on any atom is -0.310 e. The third kappa shape index (κ3) is 1.88. The molecule has 11 heavy (non-hydrogen) atoms. The molecule has 0 radical (unpaired) electrons. The molecule has 0 aromatic heterocycles. The van der Waals surface area contributed by atoms with Crippen LogP contribution < -0.4 is 5.32 Å². The normalized spacial score (nSPS) is 24.4. The lowest BCUT2D eigenvalue weighted by atomic mass is 10.1. The summed E-state index contributed by atoms with van der Waals surface area (Å²) < 4.78 is 0. The van der Waals surface area contributed by atoms with Crippen LogP contribution >= 0.6 is 12.6 Å². The van der Waals surface area contributed by atoms with Crippen LogP contribution in [-0.4, -0.2) is 12.6 Å². The fourth-order valence-electron chi connectivity index (χ4n) is 1.50. The predicted octanol–water partition coefficient (Wildman–Crippen LogP) is 2.13. The highest BCUT2D eigenvalue weighted by Gasteiger charge is 2.19. The Hall–Kier alpha value is -0.210. The zero-order valence-electron chi connectivity index (χ0n) is 6.93. The molecule has 0 heterocycles. The van der Waals surface area contributed by atoms with Crippen molar-refractivity contribution in [1.82, 2.24) is 5.32 Å². The largest absolute Gasteiger partial charge is 0.310 e. The summed E-state index contributed by atoms with van der Waals surface area (Å²) in [4.78, 5) is 1.20. The van der Waals surface area contributed by atoms with Gasteiger partial charge in [-0.2, -0.15) is 0 Å². The van der Waals surface area contributed by atoms with Gasteiger partial charge in [0.2, 0.25) is 0 Å². The van der Waals surface area contributed by atoms with Gasteiger partial charge in [0.15, 0.2) is 0 Å². The van der Waals surface area contributed by atoms with Gasteiger partial charge in [-0.3, -0.25) is 0 Å². The molecule has 0 amide bonds. The Kier molecular flexibility index (Phi) is 3.21. The Morgan fingerprint density at radius 2 is 2.55 bits per heavy atom. The average molecular weight is 169 g/mol. The van der Waals surface area contributed by atoms with Gasteiger partial charge in [0.1, 0.15) is 0 Å². The third-order valence-electron chi connectivity index (χ3n) is 2.05. The smallest absolute Gasteiger partial charge is 0.0331 e. The van der Waals surface area contributed by atoms with E-state index in [1.807, 2.05) is 6.08 Å². The lowest BCUT2D eigenvalue weighted by Crippen LogP contribution is -2.27. The predicted molar refractivity (Wildman–Crippen MR) is 52.9 cm³/mol. The maximum Gasteiger partial charge on any atom is 0.0331 e. The van der Waals surface area contributed by atoms with Crippen LogP contribution in [0.4, 0.5) is 0 Å². The molecular formula is C9H15NS. The average Bonchev–Trinajstić information content (AvgIpc) is 2.33. The molecule has 0 saturated heterocycles. The van der Waals surface area contributed by atoms with E-state index >= 15 is 0 Å². The Morgan fingerprint density at radius 1 is 1.82 bits per heavy atom. The first-order chi connectivity index (χ1) is 5.29. The summed E-state index contributed by atoms with van der Waals surface area (Å²) in [6.45, 7) is 6.92. The van der Waals surface area contributed by atoms with Crippen LogP contribution in [-0.2, 0) is 0 Å². The molecule has 0 spiro atoms. The molecular weight excluding hydrogens is 154 g/mol. The number of hydrogen-bond donors (Lipinski definition) is 2. The molecule has 2 heteroatoms. The van der Waals surface area contributed by atoms with Gasteiger partial charge in [-0.05, 0) is 29.9 Å². The van der Waals surface area contributed by atoms with Crippen LogP contribution in [0.2, 0.25) is 0 Å². The molecule has 1 N–H and O–H groups in total. The van der Waals surface area contributed by atoms with Gasteiger partial charge in [0, 0.05) is 6.04 Å². The molecule has 0 fully saturated rings. The van der Waals surface area contributed by atoms with Crippen molar-refractivity contribution in [3.63, 3.8) is 0 Å². The number of allylic oxidation sites excluding steroid dienone is 1. The van der Waals surface area contributed by atoms with E-state index < -0.39 is 0 Å². The highest BCUT2D eigenvalue weighted by atomic mass is 32.1. The first kappa shape index (κ1) is 8.88. The first-order valence-electron chi connectivity index (χ1n) is 4.07. The number of nitrogens with one attached hydrogen (secondary N) is 1. The molecule has 62 valence electrons. The summed E-state index contributed by atoms with van der Waals surface area (Å²) in [6, 6.07) is 0.505. The fourth-order valence-corrected chi connectivity index (χ4v) is 1.88. The van der Waals surface area contributed by atoms with Gasteiger partial charge in [-0.1, -0.05) is 19.6 Å². The Morgan fingerprint density at radius 3 is 3.09 bits per heavy atom. The topological polar surface area (TPSA) is 12.0 Å². The van der Waals surface area contributed by atoms with Crippen molar-refractivity contribution in [2.75, 3.05) is 6.54 Å². The summed E-state index contributed by atoms with van der Waals surface area (Å²) in [7, 11) is 0. The standard InChI is InChI=1S/C9H15NS/c1-3-7-8(10-4-2)5-6-9(7)11/h3,8,10-11H,1,4-6H2,2H3. The molecule has 1 nitrogen and oxygen atoms in total. The van der Waals surface area contributed by atoms with E-state index in [0.717, 1.165) is 13.0 Å². The number of thiol groups is 1. The maximum atomic E-state index is 4.39. The van der Waals surface area contributed by atoms with Gasteiger partial charge in [-0.25, -0.2) is 0 Å². The van der Waals surface area contributed by atoms with Crippen molar-refractivity contribution >= 4 is 12.6 Å². The van der Waals surface area contributed by atoms with E-state index in [1.165, 1.54) is 16.9 Å². The van der Waals surface area contributed by atoms with E-state index in [1.54, 1.807) is 0 Å². The second kappa shape index (κ2) is 3.98. The van der Waals surface area contributed by atoms with Gasteiger partial charge < -0.3 is 5.32 Å². The summed E-state index contributed by atoms with van der Waals surface area (Å²) in [6.07, 6.45) is 4.19. The quantitative estimate of drug-likeness (QED) is 0.617. The molecule has 1 atom stereocenters. The minimum absolute atomic E-state index is 0.505. The van der Waals surface area contributed by atoms with E-state index in [9.17, 15) is 0 Å². The van der Waals surface area contributed by atoms with Crippen molar-refractivity contribution in [3.8, 4) is 0 Å². The van der Waals surface area contributed by atoms with Gasteiger partial charge in [0.25, 0.3) is 0 Å². The Balaban J connectivity index is 2.64. The molecule has 1 unspecified atom stereocenters. The molecule has 0 aliphatic heterocycles. The van der Waals surface area contributed by atoms with E-state index in [4.69, 9.17) is 0 Å². The zero-order chi connectivity index (χ0) is 8.27. The van der Waals surface area contributed by atoms with Crippen LogP contribution in [0.25, 0.3) is 0 Å². The third-order valence-corrected chi connectivity index (χ3v) is 2.53. The first-order valence-corrected chi connectivity index (χ1v) is 4.52. The minimum atomic E-state index is 0.505. The Bertz CT molecular complexity index is 184. The Labute approximate surface area is 74.0 Å². The second-order valence-electron chi connectivity index (χ2n) is 2.76. The van der Waals surface area contributed by atoms with Crippen molar-refractivity contribution in [2.24, 2.45) is 0 Å². The lowest BCUT2D eigenvalue weighted by Gasteiger charge is -2.12. The highest BCUT2D eigenvalue weighted by Crippen LogP contribution is 2.29. The fraction of sp³-hybridized carbons (Fsp3) is 0.556. The molecule has 1 aliphatic rings. The lowest BCUT2D eigenvalue weighted by molar-refractivity contribution is 0.590. The van der Waals surface area contributed by atoms with Gasteiger partial charge >= 0.3 is 0 Å². The second-order valence-corrected chi connectivity index (χ2v) is 3.29. The molecule has 0 aromatic rings. The van der Waals surface area contributed by atoms with E-state index in [0.29, 0.717) is 6.04 Å². The summed E-state index contributed by atoms with van der Waals surface area (Å²) in [5.74, 6) is 0. The van der Waals surface area contributed by atoms with Crippen molar-refractivity contribution < 1.29 is 0 Å². The summed E-state index contributed by atoms with van der Waals surface area (Å²) in [5.41, 5.74) is 1.29. The molecule has 0 bridgehead atoms. The van der Waals surface area contributed by atoms with Crippen LogP contribution in [0.3, 0.4) is 0 Å². The van der Waals surface area contributed by atoms with E-state index in [-0.39, 0.29) is 0 Å². The number of likely N-dealkylation sites (N-methyl/N-ethyl adjacent to an activating group) is 1. The molecule has 0 saturated carbocycles. The maximum absolute atomic E-state index is 4.39. The monoisotopic (exact) mass is 169 g/mol. The molecule has 0 aromatic carbocycles. The highest BCUT2D eigenvalue weighted by molar-refractivity contribution is 7.84. The van der Waals surface area contributed by atoms with Crippen molar-refractivity contribution in [2.45, 2.75) is 25.8 Å². The van der Waals surface area contributed by atoms with Crippen LogP contribution in [0, 0.1) is 0 Å². The SMILES string of the molecule is C=CC1=C(S)CCC1NCC. The van der Waals surface area contributed by atoms with E-state index in [2.05, 4.69) is 31.4 Å². The van der Waals surface area contributed by atoms with Gasteiger partial charge in [-0.15, -0.1) is 12.6 Å². The number of rotatable bonds is 3. The van der Waals surface area contributed by atoms with Crippen molar-refractivity contribution in [3.05, 3.63) is 23.1 Å². The molecule has 1 aliphatic carbocycles. The zero-order valence-corrected chi connectivity index (χ0v) is 7.82. The van der Waals surface area contributed by atoms with Gasteiger partial charge in [0.05, 0.1) is 0 Å². The van der Waals surface area contributed by atoms with Crippen LogP contribution in [0.5, 0.6) is 0 Å². The van der Waals surface area contributed by atoms with Crippen LogP contribution in [0.1, 0.15) is 19.8 Å². The molecule has 1 rings (SSSR count).